The first-order valence-corrected chi connectivity index (χ1v) is 8.20. The van der Waals surface area contributed by atoms with Gasteiger partial charge in [0.1, 0.15) is 11.3 Å². The quantitative estimate of drug-likeness (QED) is 0.477. The molecule has 2 rings (SSSR count). The molecule has 0 spiro atoms. The first kappa shape index (κ1) is 18.8. The van der Waals surface area contributed by atoms with Gasteiger partial charge in [-0.3, -0.25) is 9.59 Å². The van der Waals surface area contributed by atoms with Gasteiger partial charge in [-0.25, -0.2) is 4.79 Å². The average Bonchev–Trinajstić information content (AvgIpc) is 2.53. The van der Waals surface area contributed by atoms with Gasteiger partial charge in [0.05, 0.1) is 0 Å². The maximum atomic E-state index is 12.3. The predicted molar refractivity (Wildman–Crippen MR) is 90.0 cm³/mol. The molecule has 0 bridgehead atoms. The first-order chi connectivity index (χ1) is 11.9. The maximum Gasteiger partial charge on any atom is 0.394 e. The van der Waals surface area contributed by atoms with Crippen molar-refractivity contribution in [3.05, 3.63) is 29.3 Å². The van der Waals surface area contributed by atoms with Gasteiger partial charge in [0.15, 0.2) is 0 Å². The number of hydrogen-bond acceptors (Lipinski definition) is 6. The van der Waals surface area contributed by atoms with Crippen molar-refractivity contribution in [2.75, 3.05) is 0 Å². The SMILES string of the molecule is CCCC(=O)N[C@@H]1[B]Oc2c(cccc2C(=O)OC(C)OC(C)=O)C1. The molecule has 1 unspecified atom stereocenters. The van der Waals surface area contributed by atoms with E-state index in [-0.39, 0.29) is 17.4 Å². The van der Waals surface area contributed by atoms with E-state index in [1.54, 1.807) is 12.1 Å². The van der Waals surface area contributed by atoms with Crippen LogP contribution in [0.5, 0.6) is 5.75 Å². The fourth-order valence-corrected chi connectivity index (χ4v) is 2.54. The molecule has 0 saturated heterocycles. The zero-order chi connectivity index (χ0) is 18.4. The number of amides is 1. The standard InChI is InChI=1S/C17H21BNO6/c1-4-6-15(21)19-14-9-12-7-5-8-13(16(12)25-18-14)17(22)24-11(3)23-10(2)20/h5,7-8,11,14H,4,6,9H2,1-3H3,(H,19,21)/t11?,14-/m0/s1. The Labute approximate surface area is 147 Å². The molecule has 1 aromatic carbocycles. The van der Waals surface area contributed by atoms with Crippen LogP contribution >= 0.6 is 0 Å². The Hall–Kier alpha value is -2.51. The molecule has 25 heavy (non-hydrogen) atoms. The van der Waals surface area contributed by atoms with E-state index >= 15 is 0 Å². The van der Waals surface area contributed by atoms with Crippen LogP contribution in [0.1, 0.15) is 49.5 Å². The Balaban J connectivity index is 2.06. The van der Waals surface area contributed by atoms with Crippen LogP contribution < -0.4 is 9.97 Å². The van der Waals surface area contributed by atoms with Crippen molar-refractivity contribution in [3.8, 4) is 5.75 Å². The van der Waals surface area contributed by atoms with E-state index < -0.39 is 18.2 Å². The topological polar surface area (TPSA) is 90.9 Å². The molecule has 0 saturated carbocycles. The highest BCUT2D eigenvalue weighted by molar-refractivity contribution is 6.32. The summed E-state index contributed by atoms with van der Waals surface area (Å²) in [6.07, 6.45) is 0.754. The number of para-hydroxylation sites is 1. The summed E-state index contributed by atoms with van der Waals surface area (Å²) in [6, 6.07) is 5.12. The Morgan fingerprint density at radius 1 is 1.36 bits per heavy atom. The summed E-state index contributed by atoms with van der Waals surface area (Å²) in [4.78, 5) is 34.9. The van der Waals surface area contributed by atoms with Gasteiger partial charge >= 0.3 is 19.4 Å². The Kier molecular flexibility index (Phi) is 6.44. The molecule has 8 heteroatoms. The van der Waals surface area contributed by atoms with Gasteiger partial charge in [-0.15, -0.1) is 0 Å². The van der Waals surface area contributed by atoms with Crippen molar-refractivity contribution in [2.45, 2.75) is 52.3 Å². The Morgan fingerprint density at radius 2 is 2.12 bits per heavy atom. The second-order valence-corrected chi connectivity index (χ2v) is 5.76. The lowest BCUT2D eigenvalue weighted by atomic mass is 9.79. The minimum Gasteiger partial charge on any atom is -0.560 e. The normalized spacial score (nSPS) is 16.5. The molecule has 7 nitrogen and oxygen atoms in total. The number of fused-ring (bicyclic) bond motifs is 1. The van der Waals surface area contributed by atoms with Gasteiger partial charge in [0, 0.05) is 26.2 Å². The zero-order valence-corrected chi connectivity index (χ0v) is 14.5. The number of rotatable bonds is 6. The molecule has 0 aliphatic carbocycles. The van der Waals surface area contributed by atoms with E-state index in [0.29, 0.717) is 18.6 Å². The molecule has 0 aromatic heterocycles. The summed E-state index contributed by atoms with van der Waals surface area (Å²) in [6.45, 7) is 4.63. The van der Waals surface area contributed by atoms with Crippen molar-refractivity contribution in [1.82, 2.24) is 5.32 Å². The van der Waals surface area contributed by atoms with E-state index in [1.165, 1.54) is 21.3 Å². The lowest BCUT2D eigenvalue weighted by molar-refractivity contribution is -0.162. The van der Waals surface area contributed by atoms with E-state index in [1.807, 2.05) is 13.0 Å². The third-order valence-electron chi connectivity index (χ3n) is 3.53. The van der Waals surface area contributed by atoms with Gasteiger partial charge in [0.25, 0.3) is 0 Å². The molecular weight excluding hydrogens is 325 g/mol. The minimum absolute atomic E-state index is 0.0402. The zero-order valence-electron chi connectivity index (χ0n) is 14.5. The van der Waals surface area contributed by atoms with Crippen LogP contribution in [0.15, 0.2) is 18.2 Å². The Morgan fingerprint density at radius 3 is 2.80 bits per heavy atom. The highest BCUT2D eigenvalue weighted by Crippen LogP contribution is 2.29. The molecule has 1 aliphatic heterocycles. The number of esters is 2. The van der Waals surface area contributed by atoms with Crippen molar-refractivity contribution < 1.29 is 28.5 Å². The molecule has 2 atom stereocenters. The molecular formula is C17H21BNO6. The molecule has 1 aliphatic rings. The molecule has 1 amide bonds. The van der Waals surface area contributed by atoms with Crippen molar-refractivity contribution >= 4 is 25.3 Å². The monoisotopic (exact) mass is 346 g/mol. The third kappa shape index (κ3) is 5.24. The summed E-state index contributed by atoms with van der Waals surface area (Å²) in [5, 5.41) is 2.87. The summed E-state index contributed by atoms with van der Waals surface area (Å²) in [7, 11) is 1.50. The number of carbonyl (C=O) groups excluding carboxylic acids is 3. The van der Waals surface area contributed by atoms with E-state index in [9.17, 15) is 14.4 Å². The Bertz CT molecular complexity index is 663. The lowest BCUT2D eigenvalue weighted by Crippen LogP contribution is -2.45. The van der Waals surface area contributed by atoms with Crippen LogP contribution in [0.4, 0.5) is 0 Å². The van der Waals surface area contributed by atoms with Crippen LogP contribution in [-0.4, -0.2) is 37.6 Å². The summed E-state index contributed by atoms with van der Waals surface area (Å²) >= 11 is 0. The van der Waals surface area contributed by atoms with Crippen molar-refractivity contribution in [2.24, 2.45) is 0 Å². The predicted octanol–water partition coefficient (Wildman–Crippen LogP) is 1.55. The van der Waals surface area contributed by atoms with Gasteiger partial charge in [-0.1, -0.05) is 19.1 Å². The maximum absolute atomic E-state index is 12.3. The van der Waals surface area contributed by atoms with Crippen molar-refractivity contribution in [1.29, 1.82) is 0 Å². The number of nitrogens with one attached hydrogen (secondary N) is 1. The van der Waals surface area contributed by atoms with Gasteiger partial charge in [0.2, 0.25) is 12.2 Å². The highest BCUT2D eigenvalue weighted by atomic mass is 16.7. The van der Waals surface area contributed by atoms with Gasteiger partial charge in [-0.05, 0) is 24.5 Å². The van der Waals surface area contributed by atoms with Gasteiger partial charge in [-0.2, -0.15) is 0 Å². The third-order valence-corrected chi connectivity index (χ3v) is 3.53. The lowest BCUT2D eigenvalue weighted by Gasteiger charge is -2.26. The fourth-order valence-electron chi connectivity index (χ4n) is 2.54. The van der Waals surface area contributed by atoms with Crippen LogP contribution in [0.2, 0.25) is 0 Å². The molecule has 1 aromatic rings. The number of carbonyl (C=O) groups is 3. The van der Waals surface area contributed by atoms with E-state index in [0.717, 1.165) is 12.0 Å². The second kappa shape index (κ2) is 8.55. The molecule has 1 radical (unpaired) electrons. The summed E-state index contributed by atoms with van der Waals surface area (Å²) in [5.41, 5.74) is 1.03. The van der Waals surface area contributed by atoms with Crippen LogP contribution in [0.3, 0.4) is 0 Å². The second-order valence-electron chi connectivity index (χ2n) is 5.76. The van der Waals surface area contributed by atoms with Crippen LogP contribution in [-0.2, 0) is 25.5 Å². The molecule has 133 valence electrons. The van der Waals surface area contributed by atoms with Crippen molar-refractivity contribution in [3.63, 3.8) is 0 Å². The van der Waals surface area contributed by atoms with Crippen LogP contribution in [0, 0.1) is 0 Å². The largest absolute Gasteiger partial charge is 0.560 e. The molecule has 0 fully saturated rings. The van der Waals surface area contributed by atoms with Gasteiger partial charge < -0.3 is 19.4 Å². The molecule has 1 heterocycles. The number of hydrogen-bond donors (Lipinski definition) is 1. The summed E-state index contributed by atoms with van der Waals surface area (Å²) in [5.74, 6) is -1.08. The highest BCUT2D eigenvalue weighted by Gasteiger charge is 2.28. The van der Waals surface area contributed by atoms with E-state index in [2.05, 4.69) is 5.32 Å². The molecule has 1 N–H and O–H groups in total. The number of ether oxygens (including phenoxy) is 2. The fraction of sp³-hybridized carbons (Fsp3) is 0.471. The smallest absolute Gasteiger partial charge is 0.394 e. The number of benzene rings is 1. The first-order valence-electron chi connectivity index (χ1n) is 8.20. The van der Waals surface area contributed by atoms with Crippen LogP contribution in [0.25, 0.3) is 0 Å². The summed E-state index contributed by atoms with van der Waals surface area (Å²) < 4.78 is 15.5. The van der Waals surface area contributed by atoms with E-state index in [4.69, 9.17) is 14.1 Å². The minimum atomic E-state index is -0.991. The average molecular weight is 346 g/mol.